The van der Waals surface area contributed by atoms with Crippen LogP contribution in [0.1, 0.15) is 25.0 Å². The number of nitrogens with two attached hydrogens (primary N) is 1. The van der Waals surface area contributed by atoms with Crippen molar-refractivity contribution in [1.82, 2.24) is 0 Å². The fourth-order valence-corrected chi connectivity index (χ4v) is 3.31. The Morgan fingerprint density at radius 3 is 1.68 bits per heavy atom. The van der Waals surface area contributed by atoms with Crippen LogP contribution in [0.4, 0.5) is 0 Å². The van der Waals surface area contributed by atoms with Crippen molar-refractivity contribution in [3.05, 3.63) is 64.7 Å². The predicted molar refractivity (Wildman–Crippen MR) is 119 cm³/mol. The second-order valence-corrected chi connectivity index (χ2v) is 6.64. The lowest BCUT2D eigenvalue weighted by molar-refractivity contribution is -0.136. The highest BCUT2D eigenvalue weighted by Gasteiger charge is 2.27. The molecule has 1 amide bonds. The van der Waals surface area contributed by atoms with E-state index in [1.54, 1.807) is 26.0 Å². The van der Waals surface area contributed by atoms with Gasteiger partial charge in [-0.3, -0.25) is 4.79 Å². The summed E-state index contributed by atoms with van der Waals surface area (Å²) in [7, 11) is 5.74. The molecule has 7 heteroatoms. The van der Waals surface area contributed by atoms with Crippen LogP contribution in [0.2, 0.25) is 0 Å². The van der Waals surface area contributed by atoms with E-state index < -0.39 is 11.9 Å². The topological polar surface area (TPSA) is 97.1 Å². The summed E-state index contributed by atoms with van der Waals surface area (Å²) in [6, 6.07) is 12.6. The van der Waals surface area contributed by atoms with Gasteiger partial charge < -0.3 is 24.7 Å². The maximum Gasteiger partial charge on any atom is 0.338 e. The fourth-order valence-electron chi connectivity index (χ4n) is 3.31. The van der Waals surface area contributed by atoms with Gasteiger partial charge in [0.2, 0.25) is 11.7 Å². The van der Waals surface area contributed by atoms with Crippen LogP contribution in [0, 0.1) is 0 Å². The Bertz CT molecular complexity index is 1010. The Labute approximate surface area is 182 Å². The number of esters is 1. The van der Waals surface area contributed by atoms with Crippen LogP contribution in [0.25, 0.3) is 11.1 Å². The molecule has 0 aliphatic heterocycles. The Morgan fingerprint density at radius 2 is 1.26 bits per heavy atom. The van der Waals surface area contributed by atoms with Crippen LogP contribution >= 0.6 is 0 Å². The third-order valence-corrected chi connectivity index (χ3v) is 4.94. The highest BCUT2D eigenvalue weighted by molar-refractivity contribution is 6.17. The minimum absolute atomic E-state index is 0.0608. The van der Waals surface area contributed by atoms with E-state index in [1.165, 1.54) is 28.4 Å². The van der Waals surface area contributed by atoms with E-state index in [4.69, 9.17) is 24.7 Å². The predicted octanol–water partition coefficient (Wildman–Crippen LogP) is 3.62. The SMILES string of the molecule is COC(=O)C(/C(C(N)=O)=C(\C)c1ccccc1)=C(\C)c1cc(OC)c(OC)c(OC)c1. The number of amides is 1. The van der Waals surface area contributed by atoms with E-state index in [1.807, 2.05) is 30.3 Å². The van der Waals surface area contributed by atoms with E-state index in [9.17, 15) is 9.59 Å². The smallest absolute Gasteiger partial charge is 0.338 e. The standard InChI is InChI=1S/C24H27NO6/c1-14(16-10-8-7-9-11-16)20(23(25)26)21(24(27)31-6)15(2)17-12-18(28-3)22(30-5)19(13-17)29-4/h7-13H,1-6H3,(H2,25,26)/b20-14-,21-15+. The summed E-state index contributed by atoms with van der Waals surface area (Å²) >= 11 is 0. The number of methoxy groups -OCH3 is 4. The zero-order chi connectivity index (χ0) is 23.1. The molecule has 0 aliphatic carbocycles. The monoisotopic (exact) mass is 425 g/mol. The van der Waals surface area contributed by atoms with Crippen LogP contribution in [0.3, 0.4) is 0 Å². The van der Waals surface area contributed by atoms with Crippen molar-refractivity contribution in [3.63, 3.8) is 0 Å². The van der Waals surface area contributed by atoms with Gasteiger partial charge in [0.25, 0.3) is 0 Å². The molecule has 7 nitrogen and oxygen atoms in total. The van der Waals surface area contributed by atoms with Crippen molar-refractivity contribution in [3.8, 4) is 17.2 Å². The van der Waals surface area contributed by atoms with Gasteiger partial charge in [-0.25, -0.2) is 4.79 Å². The summed E-state index contributed by atoms with van der Waals surface area (Å²) in [5, 5.41) is 0. The number of carbonyl (C=O) groups is 2. The zero-order valence-corrected chi connectivity index (χ0v) is 18.6. The van der Waals surface area contributed by atoms with E-state index in [0.717, 1.165) is 5.56 Å². The lowest BCUT2D eigenvalue weighted by Gasteiger charge is -2.18. The Balaban J connectivity index is 2.89. The van der Waals surface area contributed by atoms with Gasteiger partial charge >= 0.3 is 5.97 Å². The van der Waals surface area contributed by atoms with Gasteiger partial charge in [0.1, 0.15) is 0 Å². The molecule has 164 valence electrons. The third-order valence-electron chi connectivity index (χ3n) is 4.94. The van der Waals surface area contributed by atoms with Crippen LogP contribution < -0.4 is 19.9 Å². The molecule has 0 saturated heterocycles. The number of rotatable bonds is 8. The number of carbonyl (C=O) groups excluding carboxylic acids is 2. The second kappa shape index (κ2) is 10.3. The molecule has 0 radical (unpaired) electrons. The largest absolute Gasteiger partial charge is 0.493 e. The van der Waals surface area contributed by atoms with Gasteiger partial charge in [0, 0.05) is 0 Å². The van der Waals surface area contributed by atoms with Crippen LogP contribution in [-0.2, 0) is 14.3 Å². The van der Waals surface area contributed by atoms with E-state index in [-0.39, 0.29) is 11.1 Å². The summed E-state index contributed by atoms with van der Waals surface area (Å²) < 4.78 is 21.2. The summed E-state index contributed by atoms with van der Waals surface area (Å²) in [6.45, 7) is 3.44. The molecular weight excluding hydrogens is 398 g/mol. The normalized spacial score (nSPS) is 12.3. The van der Waals surface area contributed by atoms with Gasteiger partial charge in [-0.15, -0.1) is 0 Å². The minimum atomic E-state index is -0.742. The van der Waals surface area contributed by atoms with E-state index in [2.05, 4.69) is 0 Å². The van der Waals surface area contributed by atoms with E-state index in [0.29, 0.717) is 34.0 Å². The van der Waals surface area contributed by atoms with Crippen LogP contribution in [-0.4, -0.2) is 40.3 Å². The Morgan fingerprint density at radius 1 is 0.742 bits per heavy atom. The summed E-state index contributed by atoms with van der Waals surface area (Å²) in [4.78, 5) is 25.3. The molecule has 0 atom stereocenters. The molecule has 0 unspecified atom stereocenters. The summed E-state index contributed by atoms with van der Waals surface area (Å²) in [5.74, 6) is -0.203. The van der Waals surface area contributed by atoms with Crippen LogP contribution in [0.5, 0.6) is 17.2 Å². The number of hydrogen-bond acceptors (Lipinski definition) is 6. The number of benzene rings is 2. The maximum absolute atomic E-state index is 12.8. The molecule has 0 spiro atoms. The van der Waals surface area contributed by atoms with Gasteiger partial charge in [-0.2, -0.15) is 0 Å². The highest BCUT2D eigenvalue weighted by Crippen LogP contribution is 2.41. The first-order valence-corrected chi connectivity index (χ1v) is 9.46. The van der Waals surface area contributed by atoms with Gasteiger partial charge in [-0.1, -0.05) is 30.3 Å². The maximum atomic E-state index is 12.8. The first kappa shape index (κ1) is 23.5. The number of allylic oxidation sites excluding steroid dienone is 2. The molecule has 0 aromatic heterocycles. The van der Waals surface area contributed by atoms with Crippen molar-refractivity contribution >= 4 is 23.0 Å². The quantitative estimate of drug-likeness (QED) is 0.394. The first-order chi connectivity index (χ1) is 14.8. The molecule has 0 bridgehead atoms. The van der Waals surface area contributed by atoms with Crippen molar-refractivity contribution in [2.45, 2.75) is 13.8 Å². The van der Waals surface area contributed by atoms with Gasteiger partial charge in [0.15, 0.2) is 11.5 Å². The van der Waals surface area contributed by atoms with Crippen molar-refractivity contribution in [1.29, 1.82) is 0 Å². The van der Waals surface area contributed by atoms with Crippen LogP contribution in [0.15, 0.2) is 53.6 Å². The van der Waals surface area contributed by atoms with Crippen molar-refractivity contribution < 1.29 is 28.5 Å². The molecule has 31 heavy (non-hydrogen) atoms. The lowest BCUT2D eigenvalue weighted by Crippen LogP contribution is -2.22. The molecular formula is C24H27NO6. The summed E-state index contributed by atoms with van der Waals surface area (Å²) in [6.07, 6.45) is 0. The van der Waals surface area contributed by atoms with E-state index >= 15 is 0 Å². The van der Waals surface area contributed by atoms with Crippen molar-refractivity contribution in [2.75, 3.05) is 28.4 Å². The molecule has 0 aliphatic rings. The first-order valence-electron chi connectivity index (χ1n) is 9.46. The molecule has 2 rings (SSSR count). The lowest BCUT2D eigenvalue weighted by atomic mass is 9.89. The highest BCUT2D eigenvalue weighted by atomic mass is 16.5. The number of primary amides is 1. The average molecular weight is 425 g/mol. The van der Waals surface area contributed by atoms with Crippen molar-refractivity contribution in [2.24, 2.45) is 5.73 Å². The Kier molecular flexibility index (Phi) is 7.85. The molecule has 2 aromatic carbocycles. The molecule has 2 aromatic rings. The zero-order valence-electron chi connectivity index (χ0n) is 18.6. The minimum Gasteiger partial charge on any atom is -0.493 e. The fraction of sp³-hybridized carbons (Fsp3) is 0.250. The number of ether oxygens (including phenoxy) is 4. The molecule has 0 saturated carbocycles. The molecule has 0 fully saturated rings. The molecule has 0 heterocycles. The van der Waals surface area contributed by atoms with Gasteiger partial charge in [-0.05, 0) is 48.3 Å². The summed E-state index contributed by atoms with van der Waals surface area (Å²) in [5.41, 5.74) is 8.23. The number of hydrogen-bond donors (Lipinski definition) is 1. The third kappa shape index (κ3) is 4.88. The second-order valence-electron chi connectivity index (χ2n) is 6.64. The molecule has 2 N–H and O–H groups in total. The Hall–Kier alpha value is -3.74. The average Bonchev–Trinajstić information content (AvgIpc) is 2.80. The van der Waals surface area contributed by atoms with Gasteiger partial charge in [0.05, 0.1) is 39.6 Å².